The Morgan fingerprint density at radius 3 is 3.04 bits per heavy atom. The average molecular weight is 314 g/mol. The molecular formula is C15H18N6O2. The normalized spacial score (nSPS) is 18.7. The van der Waals surface area contributed by atoms with Gasteiger partial charge in [-0.15, -0.1) is 0 Å². The molecule has 4 heterocycles. The number of morpholine rings is 1. The van der Waals surface area contributed by atoms with E-state index in [4.69, 9.17) is 9.72 Å². The van der Waals surface area contributed by atoms with E-state index in [2.05, 4.69) is 27.1 Å². The van der Waals surface area contributed by atoms with Gasteiger partial charge in [-0.25, -0.2) is 4.98 Å². The summed E-state index contributed by atoms with van der Waals surface area (Å²) in [6.45, 7) is 4.14. The first-order valence-electron chi connectivity index (χ1n) is 7.56. The van der Waals surface area contributed by atoms with E-state index < -0.39 is 0 Å². The fourth-order valence-corrected chi connectivity index (χ4v) is 3.03. The first-order chi connectivity index (χ1) is 11.1. The highest BCUT2D eigenvalue weighted by Crippen LogP contribution is 2.34. The first-order valence-corrected chi connectivity index (χ1v) is 7.56. The van der Waals surface area contributed by atoms with Gasteiger partial charge in [-0.3, -0.25) is 9.78 Å². The molecule has 4 rings (SSSR count). The Hall–Kier alpha value is -2.61. The summed E-state index contributed by atoms with van der Waals surface area (Å²) in [5.74, 6) is 0.907. The molecule has 0 unspecified atom stereocenters. The predicted octanol–water partition coefficient (Wildman–Crippen LogP) is 1.29. The van der Waals surface area contributed by atoms with Crippen molar-refractivity contribution in [1.29, 1.82) is 0 Å². The maximum absolute atomic E-state index is 10.5. The number of rotatable bonds is 2. The Morgan fingerprint density at radius 2 is 2.30 bits per heavy atom. The zero-order chi connectivity index (χ0) is 16.0. The lowest BCUT2D eigenvalue weighted by atomic mass is 10.2. The Balaban J connectivity index is 1.90. The maximum atomic E-state index is 10.5. The number of aromatic nitrogens is 5. The molecule has 1 aliphatic heterocycles. The molecule has 0 bridgehead atoms. The van der Waals surface area contributed by atoms with E-state index in [1.807, 2.05) is 6.07 Å². The van der Waals surface area contributed by atoms with Crippen molar-refractivity contribution in [3.63, 3.8) is 0 Å². The summed E-state index contributed by atoms with van der Waals surface area (Å²) >= 11 is 0. The van der Waals surface area contributed by atoms with Crippen LogP contribution in [-0.4, -0.2) is 55.9 Å². The van der Waals surface area contributed by atoms with Gasteiger partial charge in [0.05, 0.1) is 24.9 Å². The third kappa shape index (κ3) is 2.22. The lowest BCUT2D eigenvalue weighted by molar-refractivity contribution is 0.0985. The molecular weight excluding hydrogens is 296 g/mol. The molecule has 0 amide bonds. The van der Waals surface area contributed by atoms with Crippen LogP contribution in [0.3, 0.4) is 0 Å². The van der Waals surface area contributed by atoms with Gasteiger partial charge >= 0.3 is 0 Å². The number of aromatic hydroxyl groups is 1. The molecule has 0 aliphatic carbocycles. The molecule has 0 radical (unpaired) electrons. The van der Waals surface area contributed by atoms with Crippen molar-refractivity contribution in [2.75, 3.05) is 24.7 Å². The molecule has 0 saturated carbocycles. The van der Waals surface area contributed by atoms with Crippen LogP contribution in [-0.2, 0) is 11.8 Å². The number of anilines is 1. The minimum absolute atomic E-state index is 0.171. The van der Waals surface area contributed by atoms with E-state index in [1.165, 1.54) is 0 Å². The molecule has 1 aliphatic rings. The molecule has 8 heteroatoms. The van der Waals surface area contributed by atoms with Crippen LogP contribution in [0.4, 0.5) is 5.82 Å². The van der Waals surface area contributed by atoms with Gasteiger partial charge in [-0.1, -0.05) is 0 Å². The summed E-state index contributed by atoms with van der Waals surface area (Å²) < 4.78 is 7.12. The van der Waals surface area contributed by atoms with E-state index in [0.29, 0.717) is 29.9 Å². The topological polar surface area (TPSA) is 92.1 Å². The standard InChI is InChI=1S/C15H18N6O2/c1-9-8-23-6-5-21(9)12-7-11(22)15-14(17-12)13(19-20(15)2)10-3-4-16-18-10/h3-4,7,9H,5-6,8H2,1-2H3,(H,16,18)(H,17,22)/t9-/m1/s1. The van der Waals surface area contributed by atoms with E-state index in [1.54, 1.807) is 24.0 Å². The molecule has 1 saturated heterocycles. The predicted molar refractivity (Wildman–Crippen MR) is 85.4 cm³/mol. The second kappa shape index (κ2) is 5.24. The van der Waals surface area contributed by atoms with E-state index in [-0.39, 0.29) is 11.8 Å². The minimum atomic E-state index is 0.171. The molecule has 8 nitrogen and oxygen atoms in total. The van der Waals surface area contributed by atoms with Crippen molar-refractivity contribution >= 4 is 16.9 Å². The molecule has 1 atom stereocenters. The van der Waals surface area contributed by atoms with Crippen LogP contribution < -0.4 is 4.90 Å². The highest BCUT2D eigenvalue weighted by atomic mass is 16.5. The van der Waals surface area contributed by atoms with Gasteiger partial charge in [0.2, 0.25) is 0 Å². The van der Waals surface area contributed by atoms with Crippen molar-refractivity contribution in [1.82, 2.24) is 25.0 Å². The number of ether oxygens (including phenoxy) is 1. The van der Waals surface area contributed by atoms with Crippen molar-refractivity contribution in [3.8, 4) is 17.1 Å². The van der Waals surface area contributed by atoms with Crippen LogP contribution in [0.5, 0.6) is 5.75 Å². The number of H-pyrrole nitrogens is 1. The van der Waals surface area contributed by atoms with Gasteiger partial charge in [0, 0.05) is 25.9 Å². The highest BCUT2D eigenvalue weighted by Gasteiger charge is 2.24. The first kappa shape index (κ1) is 14.0. The Bertz CT molecular complexity index is 841. The van der Waals surface area contributed by atoms with E-state index in [9.17, 15) is 5.11 Å². The monoisotopic (exact) mass is 314 g/mol. The largest absolute Gasteiger partial charge is 0.505 e. The molecule has 120 valence electrons. The summed E-state index contributed by atoms with van der Waals surface area (Å²) in [6, 6.07) is 3.74. The number of pyridine rings is 1. The minimum Gasteiger partial charge on any atom is -0.505 e. The van der Waals surface area contributed by atoms with E-state index in [0.717, 1.165) is 18.1 Å². The fourth-order valence-electron chi connectivity index (χ4n) is 3.03. The molecule has 3 aromatic rings. The van der Waals surface area contributed by atoms with Crippen LogP contribution in [0.1, 0.15) is 6.92 Å². The van der Waals surface area contributed by atoms with Crippen LogP contribution in [0.25, 0.3) is 22.4 Å². The summed E-state index contributed by atoms with van der Waals surface area (Å²) in [4.78, 5) is 6.91. The number of nitrogens with zero attached hydrogens (tertiary/aromatic N) is 5. The lowest BCUT2D eigenvalue weighted by Crippen LogP contribution is -2.44. The average Bonchev–Trinajstić information content (AvgIpc) is 3.16. The van der Waals surface area contributed by atoms with Gasteiger partial charge in [0.25, 0.3) is 0 Å². The summed E-state index contributed by atoms with van der Waals surface area (Å²) in [7, 11) is 1.79. The zero-order valence-electron chi connectivity index (χ0n) is 13.0. The second-order valence-corrected chi connectivity index (χ2v) is 5.76. The SMILES string of the molecule is C[C@@H]1COCCN1c1cc(O)c2c(n1)c(-c1ccn[nH]1)nn2C. The third-order valence-electron chi connectivity index (χ3n) is 4.17. The number of fused-ring (bicyclic) bond motifs is 1. The van der Waals surface area contributed by atoms with Crippen molar-refractivity contribution < 1.29 is 9.84 Å². The van der Waals surface area contributed by atoms with E-state index >= 15 is 0 Å². The maximum Gasteiger partial charge on any atom is 0.146 e. The summed E-state index contributed by atoms with van der Waals surface area (Å²) in [5.41, 5.74) is 2.72. The number of hydrogen-bond donors (Lipinski definition) is 2. The van der Waals surface area contributed by atoms with Gasteiger partial charge in [0.1, 0.15) is 28.3 Å². The molecule has 2 N–H and O–H groups in total. The lowest BCUT2D eigenvalue weighted by Gasteiger charge is -2.34. The van der Waals surface area contributed by atoms with Crippen LogP contribution >= 0.6 is 0 Å². The summed E-state index contributed by atoms with van der Waals surface area (Å²) in [5, 5.41) is 21.8. The smallest absolute Gasteiger partial charge is 0.146 e. The number of hydrogen-bond acceptors (Lipinski definition) is 6. The number of nitrogens with one attached hydrogen (secondary N) is 1. The summed E-state index contributed by atoms with van der Waals surface area (Å²) in [6.07, 6.45) is 1.67. The van der Waals surface area contributed by atoms with Crippen LogP contribution in [0, 0.1) is 0 Å². The molecule has 0 aromatic carbocycles. The third-order valence-corrected chi connectivity index (χ3v) is 4.17. The van der Waals surface area contributed by atoms with Crippen molar-refractivity contribution in [2.24, 2.45) is 7.05 Å². The van der Waals surface area contributed by atoms with Gasteiger partial charge < -0.3 is 14.7 Å². The Labute approximate surface area is 132 Å². The molecule has 3 aromatic heterocycles. The van der Waals surface area contributed by atoms with Crippen LogP contribution in [0.15, 0.2) is 18.3 Å². The quantitative estimate of drug-likeness (QED) is 0.740. The second-order valence-electron chi connectivity index (χ2n) is 5.76. The molecule has 0 spiro atoms. The molecule has 1 fully saturated rings. The van der Waals surface area contributed by atoms with Crippen molar-refractivity contribution in [3.05, 3.63) is 18.3 Å². The van der Waals surface area contributed by atoms with Gasteiger partial charge in [-0.05, 0) is 13.0 Å². The zero-order valence-corrected chi connectivity index (χ0v) is 13.0. The number of aryl methyl sites for hydroxylation is 1. The Kier molecular flexibility index (Phi) is 3.19. The van der Waals surface area contributed by atoms with Gasteiger partial charge in [0.15, 0.2) is 0 Å². The highest BCUT2D eigenvalue weighted by molar-refractivity contribution is 5.93. The van der Waals surface area contributed by atoms with Crippen molar-refractivity contribution in [2.45, 2.75) is 13.0 Å². The Morgan fingerprint density at radius 1 is 1.43 bits per heavy atom. The fraction of sp³-hybridized carbons (Fsp3) is 0.400. The number of aromatic amines is 1. The molecule has 23 heavy (non-hydrogen) atoms. The van der Waals surface area contributed by atoms with Gasteiger partial charge in [-0.2, -0.15) is 10.2 Å². The van der Waals surface area contributed by atoms with Crippen LogP contribution in [0.2, 0.25) is 0 Å².